The lowest BCUT2D eigenvalue weighted by Crippen LogP contribution is -2.01. The normalized spacial score (nSPS) is 12.6. The first-order chi connectivity index (χ1) is 6.02. The molecule has 0 aromatic heterocycles. The van der Waals surface area contributed by atoms with Gasteiger partial charge in [0, 0.05) is 4.90 Å². The minimum atomic E-state index is -0.550. The molecule has 0 saturated heterocycles. The highest BCUT2D eigenvalue weighted by Crippen LogP contribution is 2.25. The van der Waals surface area contributed by atoms with Crippen molar-refractivity contribution >= 4 is 30.0 Å². The Morgan fingerprint density at radius 1 is 1.54 bits per heavy atom. The zero-order valence-electron chi connectivity index (χ0n) is 7.54. The lowest BCUT2D eigenvalue weighted by Gasteiger charge is -2.07. The van der Waals surface area contributed by atoms with Crippen molar-refractivity contribution in [1.82, 2.24) is 0 Å². The number of carbonyl (C=O) groups excluding carboxylic acids is 1. The van der Waals surface area contributed by atoms with E-state index in [1.807, 2.05) is 25.1 Å². The minimum Gasteiger partial charge on any atom is -0.298 e. The highest BCUT2D eigenvalue weighted by Gasteiger charge is 2.13. The molecular weight excluding hydrogens is 204 g/mol. The molecule has 0 fully saturated rings. The van der Waals surface area contributed by atoms with Crippen molar-refractivity contribution in [3.63, 3.8) is 0 Å². The molecular formula is C10H11ClOS. The van der Waals surface area contributed by atoms with Gasteiger partial charge in [0.1, 0.15) is 5.38 Å². The molecule has 0 aliphatic heterocycles. The summed E-state index contributed by atoms with van der Waals surface area (Å²) in [6, 6.07) is 5.60. The molecule has 0 spiro atoms. The standard InChI is InChI=1S/C10H11ClOS/c1-6-3-4-8(5-9(6)13)10(11)7(2)12/h3-5,10,13H,1-2H3. The first-order valence-corrected chi connectivity index (χ1v) is 4.84. The smallest absolute Gasteiger partial charge is 0.152 e. The molecule has 0 saturated carbocycles. The van der Waals surface area contributed by atoms with E-state index >= 15 is 0 Å². The lowest BCUT2D eigenvalue weighted by atomic mass is 10.1. The Hall–Kier alpha value is -0.470. The maximum Gasteiger partial charge on any atom is 0.152 e. The van der Waals surface area contributed by atoms with E-state index in [2.05, 4.69) is 12.6 Å². The van der Waals surface area contributed by atoms with Crippen molar-refractivity contribution in [2.75, 3.05) is 0 Å². The van der Waals surface area contributed by atoms with Gasteiger partial charge in [-0.1, -0.05) is 12.1 Å². The highest BCUT2D eigenvalue weighted by atomic mass is 35.5. The molecule has 1 aromatic rings. The number of hydrogen-bond acceptors (Lipinski definition) is 2. The molecule has 1 rings (SSSR count). The van der Waals surface area contributed by atoms with E-state index in [4.69, 9.17) is 11.6 Å². The van der Waals surface area contributed by atoms with Gasteiger partial charge in [0.2, 0.25) is 0 Å². The van der Waals surface area contributed by atoms with Crippen LogP contribution in [0.3, 0.4) is 0 Å². The highest BCUT2D eigenvalue weighted by molar-refractivity contribution is 7.80. The van der Waals surface area contributed by atoms with E-state index in [1.165, 1.54) is 6.92 Å². The average Bonchev–Trinajstić information content (AvgIpc) is 2.08. The predicted octanol–water partition coefficient (Wildman–Crippen LogP) is 3.15. The van der Waals surface area contributed by atoms with Gasteiger partial charge >= 0.3 is 0 Å². The molecule has 0 bridgehead atoms. The number of hydrogen-bond donors (Lipinski definition) is 1. The Labute approximate surface area is 88.5 Å². The summed E-state index contributed by atoms with van der Waals surface area (Å²) in [5.74, 6) is -0.0433. The van der Waals surface area contributed by atoms with Crippen LogP contribution < -0.4 is 0 Å². The van der Waals surface area contributed by atoms with Crippen LogP contribution in [0.5, 0.6) is 0 Å². The molecule has 0 radical (unpaired) electrons. The van der Waals surface area contributed by atoms with E-state index in [0.717, 1.165) is 16.0 Å². The summed E-state index contributed by atoms with van der Waals surface area (Å²) >= 11 is 10.1. The number of Topliss-reactive ketones (excluding diaryl/α,β-unsaturated/α-hetero) is 1. The van der Waals surface area contributed by atoms with Gasteiger partial charge in [0.25, 0.3) is 0 Å². The second-order valence-electron chi connectivity index (χ2n) is 3.02. The molecule has 13 heavy (non-hydrogen) atoms. The summed E-state index contributed by atoms with van der Waals surface area (Å²) in [5.41, 5.74) is 1.89. The molecule has 70 valence electrons. The maximum absolute atomic E-state index is 11.0. The van der Waals surface area contributed by atoms with Crippen LogP contribution in [0.25, 0.3) is 0 Å². The first-order valence-electron chi connectivity index (χ1n) is 3.96. The number of ketones is 1. The Bertz CT molecular complexity index is 336. The largest absolute Gasteiger partial charge is 0.298 e. The van der Waals surface area contributed by atoms with Crippen molar-refractivity contribution in [2.24, 2.45) is 0 Å². The number of alkyl halides is 1. The number of aryl methyl sites for hydroxylation is 1. The summed E-state index contributed by atoms with van der Waals surface area (Å²) in [6.07, 6.45) is 0. The Morgan fingerprint density at radius 2 is 2.15 bits per heavy atom. The fourth-order valence-corrected chi connectivity index (χ4v) is 1.38. The number of carbonyl (C=O) groups is 1. The van der Waals surface area contributed by atoms with Gasteiger partial charge in [0.15, 0.2) is 5.78 Å². The van der Waals surface area contributed by atoms with Crippen molar-refractivity contribution in [2.45, 2.75) is 24.1 Å². The molecule has 0 heterocycles. The van der Waals surface area contributed by atoms with Gasteiger partial charge in [-0.2, -0.15) is 0 Å². The monoisotopic (exact) mass is 214 g/mol. The van der Waals surface area contributed by atoms with Gasteiger partial charge < -0.3 is 0 Å². The summed E-state index contributed by atoms with van der Waals surface area (Å²) in [4.78, 5) is 11.8. The van der Waals surface area contributed by atoms with Crippen LogP contribution >= 0.6 is 24.2 Å². The second-order valence-corrected chi connectivity index (χ2v) is 3.94. The first kappa shape index (κ1) is 10.6. The molecule has 0 N–H and O–H groups in total. The predicted molar refractivity (Wildman–Crippen MR) is 57.7 cm³/mol. The van der Waals surface area contributed by atoms with E-state index in [1.54, 1.807) is 0 Å². The van der Waals surface area contributed by atoms with Gasteiger partial charge in [-0.05, 0) is 31.0 Å². The van der Waals surface area contributed by atoms with Crippen LogP contribution in [-0.2, 0) is 4.79 Å². The van der Waals surface area contributed by atoms with Crippen LogP contribution in [0.2, 0.25) is 0 Å². The van der Waals surface area contributed by atoms with Gasteiger partial charge in [0.05, 0.1) is 0 Å². The van der Waals surface area contributed by atoms with E-state index in [-0.39, 0.29) is 5.78 Å². The maximum atomic E-state index is 11.0. The fraction of sp³-hybridized carbons (Fsp3) is 0.300. The van der Waals surface area contributed by atoms with Crippen LogP contribution in [-0.4, -0.2) is 5.78 Å². The van der Waals surface area contributed by atoms with Crippen molar-refractivity contribution < 1.29 is 4.79 Å². The fourth-order valence-electron chi connectivity index (χ4n) is 1.02. The third kappa shape index (κ3) is 2.48. The molecule has 0 amide bonds. The average molecular weight is 215 g/mol. The summed E-state index contributed by atoms with van der Waals surface area (Å²) in [5, 5.41) is -0.550. The molecule has 1 unspecified atom stereocenters. The topological polar surface area (TPSA) is 17.1 Å². The van der Waals surface area contributed by atoms with Crippen LogP contribution in [0.15, 0.2) is 23.1 Å². The second kappa shape index (κ2) is 4.16. The molecule has 1 aromatic carbocycles. The molecule has 3 heteroatoms. The Kier molecular flexibility index (Phi) is 3.40. The number of rotatable bonds is 2. The summed E-state index contributed by atoms with van der Waals surface area (Å²) in [7, 11) is 0. The third-order valence-electron chi connectivity index (χ3n) is 1.88. The van der Waals surface area contributed by atoms with Crippen LogP contribution in [0.4, 0.5) is 0 Å². The SMILES string of the molecule is CC(=O)C(Cl)c1ccc(C)c(S)c1. The van der Waals surface area contributed by atoms with Crippen molar-refractivity contribution in [3.8, 4) is 0 Å². The van der Waals surface area contributed by atoms with Crippen LogP contribution in [0.1, 0.15) is 23.4 Å². The Balaban J connectivity index is 3.03. The van der Waals surface area contributed by atoms with E-state index < -0.39 is 5.38 Å². The molecule has 1 atom stereocenters. The van der Waals surface area contributed by atoms with Gasteiger partial charge in [-0.3, -0.25) is 4.79 Å². The van der Waals surface area contributed by atoms with Crippen molar-refractivity contribution in [1.29, 1.82) is 0 Å². The molecule has 0 aliphatic carbocycles. The summed E-state index contributed by atoms with van der Waals surface area (Å²) in [6.45, 7) is 3.44. The zero-order chi connectivity index (χ0) is 10.0. The number of halogens is 1. The lowest BCUT2D eigenvalue weighted by molar-refractivity contribution is -0.116. The molecule has 1 nitrogen and oxygen atoms in total. The van der Waals surface area contributed by atoms with Gasteiger partial charge in [-0.25, -0.2) is 0 Å². The third-order valence-corrected chi connectivity index (χ3v) is 2.92. The van der Waals surface area contributed by atoms with E-state index in [0.29, 0.717) is 0 Å². The van der Waals surface area contributed by atoms with Crippen LogP contribution in [0, 0.1) is 6.92 Å². The number of benzene rings is 1. The molecule has 0 aliphatic rings. The summed E-state index contributed by atoms with van der Waals surface area (Å²) < 4.78 is 0. The zero-order valence-corrected chi connectivity index (χ0v) is 9.19. The van der Waals surface area contributed by atoms with Crippen molar-refractivity contribution in [3.05, 3.63) is 29.3 Å². The van der Waals surface area contributed by atoms with Gasteiger partial charge in [-0.15, -0.1) is 24.2 Å². The minimum absolute atomic E-state index is 0.0433. The quantitative estimate of drug-likeness (QED) is 0.591. The number of thiol groups is 1. The van der Waals surface area contributed by atoms with E-state index in [9.17, 15) is 4.79 Å². The Morgan fingerprint density at radius 3 is 2.62 bits per heavy atom.